The van der Waals surface area contributed by atoms with E-state index in [4.69, 9.17) is 15.2 Å². The summed E-state index contributed by atoms with van der Waals surface area (Å²) in [4.78, 5) is 24.5. The maximum atomic E-state index is 12.3. The van der Waals surface area contributed by atoms with Crippen molar-refractivity contribution < 1.29 is 23.7 Å². The molecule has 0 atom stereocenters. The molecule has 3 aromatic rings. The van der Waals surface area contributed by atoms with E-state index in [-0.39, 0.29) is 29.7 Å². The minimum atomic E-state index is -0.678. The van der Waals surface area contributed by atoms with Gasteiger partial charge in [-0.25, -0.2) is 4.63 Å². The third-order valence-electron chi connectivity index (χ3n) is 3.73. The Hall–Kier alpha value is -4.16. The Balaban J connectivity index is 1.45. The van der Waals surface area contributed by atoms with Crippen LogP contribution in [-0.4, -0.2) is 43.9 Å². The number of nitrogens with one attached hydrogen (secondary N) is 2. The number of ether oxygens (including phenoxy) is 2. The van der Waals surface area contributed by atoms with Gasteiger partial charge in [-0.1, -0.05) is 5.21 Å². The third kappa shape index (κ3) is 2.86. The highest BCUT2D eigenvalue weighted by molar-refractivity contribution is 5.99. The Morgan fingerprint density at radius 3 is 2.70 bits per heavy atom. The van der Waals surface area contributed by atoms with Crippen LogP contribution in [0.3, 0.4) is 0 Å². The molecule has 3 heterocycles. The van der Waals surface area contributed by atoms with E-state index in [2.05, 4.69) is 36.1 Å². The van der Waals surface area contributed by atoms with E-state index in [0.717, 1.165) is 0 Å². The molecule has 4 N–H and O–H groups in total. The van der Waals surface area contributed by atoms with Crippen LogP contribution in [-0.2, 0) is 0 Å². The predicted molar refractivity (Wildman–Crippen MR) is 85.9 cm³/mol. The van der Waals surface area contributed by atoms with Gasteiger partial charge in [0.2, 0.25) is 18.4 Å². The van der Waals surface area contributed by atoms with E-state index < -0.39 is 11.8 Å². The minimum absolute atomic E-state index is 0.00827. The fraction of sp³-hybridized carbons (Fsp3) is 0.143. The largest absolute Gasteiger partial charge is 0.454 e. The van der Waals surface area contributed by atoms with Gasteiger partial charge in [0.15, 0.2) is 17.2 Å². The maximum absolute atomic E-state index is 12.3. The molecule has 2 amide bonds. The average molecular weight is 372 g/mol. The number of nitrogen functional groups attached to an aromatic ring is 1. The number of nitrogens with zero attached hydrogens (tertiary/aromatic N) is 5. The smallest absolute Gasteiger partial charge is 0.292 e. The Morgan fingerprint density at radius 1 is 1.15 bits per heavy atom. The standard InChI is InChI=1S/C14H12N8O5/c1-6-10(16-21-22(6)12-11(15)19-27-20-12)14(24)18-17-13(23)7-2-3-8-9(4-7)26-5-25-8/h2-4H,5H2,1H3,(H2,15,19)(H,17,23)(H,18,24). The van der Waals surface area contributed by atoms with Crippen molar-refractivity contribution in [2.75, 3.05) is 12.5 Å². The van der Waals surface area contributed by atoms with E-state index >= 15 is 0 Å². The predicted octanol–water partition coefficient (Wildman–Crippen LogP) is -0.656. The number of rotatable bonds is 3. The molecule has 0 bridgehead atoms. The average Bonchev–Trinajstić information content (AvgIpc) is 3.38. The van der Waals surface area contributed by atoms with Gasteiger partial charge in [0.25, 0.3) is 11.8 Å². The quantitative estimate of drug-likeness (QED) is 0.501. The van der Waals surface area contributed by atoms with Crippen LogP contribution in [0.2, 0.25) is 0 Å². The van der Waals surface area contributed by atoms with Gasteiger partial charge in [0.05, 0.1) is 5.69 Å². The van der Waals surface area contributed by atoms with Gasteiger partial charge in [-0.15, -0.1) is 5.10 Å². The van der Waals surface area contributed by atoms with Crippen molar-refractivity contribution in [3.63, 3.8) is 0 Å². The summed E-state index contributed by atoms with van der Waals surface area (Å²) in [6, 6.07) is 4.65. The topological polar surface area (TPSA) is 172 Å². The second-order valence-corrected chi connectivity index (χ2v) is 5.38. The molecule has 0 saturated heterocycles. The monoisotopic (exact) mass is 372 g/mol. The molecule has 1 aliphatic heterocycles. The molecular weight excluding hydrogens is 360 g/mol. The summed E-state index contributed by atoms with van der Waals surface area (Å²) in [7, 11) is 0. The van der Waals surface area contributed by atoms with E-state index in [1.165, 1.54) is 16.8 Å². The molecule has 4 rings (SSSR count). The number of aromatic nitrogens is 5. The third-order valence-corrected chi connectivity index (χ3v) is 3.73. The number of nitrogens with two attached hydrogens (primary N) is 1. The first-order valence-electron chi connectivity index (χ1n) is 7.55. The van der Waals surface area contributed by atoms with Gasteiger partial charge in [0.1, 0.15) is 0 Å². The number of hydrogen-bond acceptors (Lipinski definition) is 10. The molecule has 2 aromatic heterocycles. The fourth-order valence-electron chi connectivity index (χ4n) is 2.36. The van der Waals surface area contributed by atoms with Crippen molar-refractivity contribution in [1.29, 1.82) is 0 Å². The highest BCUT2D eigenvalue weighted by Gasteiger charge is 2.22. The molecule has 1 aromatic carbocycles. The van der Waals surface area contributed by atoms with Gasteiger partial charge < -0.3 is 15.2 Å². The summed E-state index contributed by atoms with van der Waals surface area (Å²) in [6.07, 6.45) is 0. The summed E-state index contributed by atoms with van der Waals surface area (Å²) in [5.74, 6) is -0.134. The SMILES string of the molecule is Cc1c(C(=O)NNC(=O)c2ccc3c(c2)OCO3)nnn1-c1nonc1N. The van der Waals surface area contributed by atoms with Crippen molar-refractivity contribution in [1.82, 2.24) is 36.2 Å². The van der Waals surface area contributed by atoms with Crippen molar-refractivity contribution in [3.05, 3.63) is 35.2 Å². The molecule has 0 radical (unpaired) electrons. The Bertz CT molecular complexity index is 1040. The van der Waals surface area contributed by atoms with Gasteiger partial charge in [-0.2, -0.15) is 4.68 Å². The van der Waals surface area contributed by atoms with Crippen LogP contribution < -0.4 is 26.1 Å². The lowest BCUT2D eigenvalue weighted by Crippen LogP contribution is -2.42. The molecule has 1 aliphatic rings. The zero-order chi connectivity index (χ0) is 19.0. The van der Waals surface area contributed by atoms with Crippen LogP contribution in [0.1, 0.15) is 26.5 Å². The van der Waals surface area contributed by atoms with Crippen LogP contribution in [0.5, 0.6) is 11.5 Å². The molecule has 27 heavy (non-hydrogen) atoms. The zero-order valence-electron chi connectivity index (χ0n) is 13.8. The molecule has 138 valence electrons. The first-order chi connectivity index (χ1) is 13.0. The lowest BCUT2D eigenvalue weighted by Gasteiger charge is -2.07. The number of anilines is 1. The highest BCUT2D eigenvalue weighted by Crippen LogP contribution is 2.32. The number of fused-ring (bicyclic) bond motifs is 1. The Kier molecular flexibility index (Phi) is 3.80. The Labute approximate surface area is 150 Å². The highest BCUT2D eigenvalue weighted by atomic mass is 16.7. The first-order valence-corrected chi connectivity index (χ1v) is 7.55. The summed E-state index contributed by atoms with van der Waals surface area (Å²) < 4.78 is 16.1. The van der Waals surface area contributed by atoms with E-state index in [1.807, 2.05) is 0 Å². The second kappa shape index (κ2) is 6.29. The van der Waals surface area contributed by atoms with Crippen LogP contribution in [0.25, 0.3) is 5.82 Å². The lowest BCUT2D eigenvalue weighted by atomic mass is 10.2. The van der Waals surface area contributed by atoms with Crippen molar-refractivity contribution in [2.24, 2.45) is 0 Å². The molecule has 0 aliphatic carbocycles. The number of hydrazine groups is 1. The number of carbonyl (C=O) groups excluding carboxylic acids is 2. The minimum Gasteiger partial charge on any atom is -0.454 e. The fourth-order valence-corrected chi connectivity index (χ4v) is 2.36. The lowest BCUT2D eigenvalue weighted by molar-refractivity contribution is 0.0843. The van der Waals surface area contributed by atoms with Gasteiger partial charge >= 0.3 is 0 Å². The van der Waals surface area contributed by atoms with E-state index in [1.54, 1.807) is 13.0 Å². The number of benzene rings is 1. The van der Waals surface area contributed by atoms with Crippen molar-refractivity contribution in [2.45, 2.75) is 6.92 Å². The normalized spacial score (nSPS) is 12.0. The van der Waals surface area contributed by atoms with Gasteiger partial charge in [-0.3, -0.25) is 20.4 Å². The molecule has 13 heteroatoms. The Morgan fingerprint density at radius 2 is 1.93 bits per heavy atom. The van der Waals surface area contributed by atoms with Crippen LogP contribution in [0.15, 0.2) is 22.8 Å². The van der Waals surface area contributed by atoms with Gasteiger partial charge in [0, 0.05) is 5.56 Å². The summed E-state index contributed by atoms with van der Waals surface area (Å²) in [6.45, 7) is 1.67. The van der Waals surface area contributed by atoms with E-state index in [9.17, 15) is 9.59 Å². The molecule has 0 fully saturated rings. The van der Waals surface area contributed by atoms with Crippen molar-refractivity contribution >= 4 is 17.6 Å². The molecule has 13 nitrogen and oxygen atoms in total. The van der Waals surface area contributed by atoms with Gasteiger partial charge in [-0.05, 0) is 35.4 Å². The number of amides is 2. The molecule has 0 saturated carbocycles. The molecular formula is C14H12N8O5. The van der Waals surface area contributed by atoms with Crippen LogP contribution >= 0.6 is 0 Å². The molecule has 0 spiro atoms. The van der Waals surface area contributed by atoms with E-state index in [0.29, 0.717) is 17.2 Å². The second-order valence-electron chi connectivity index (χ2n) is 5.38. The van der Waals surface area contributed by atoms with Crippen LogP contribution in [0, 0.1) is 6.92 Å². The summed E-state index contributed by atoms with van der Waals surface area (Å²) >= 11 is 0. The molecule has 0 unspecified atom stereocenters. The zero-order valence-corrected chi connectivity index (χ0v) is 13.8. The van der Waals surface area contributed by atoms with Crippen molar-refractivity contribution in [3.8, 4) is 17.3 Å². The van der Waals surface area contributed by atoms with Crippen LogP contribution in [0.4, 0.5) is 5.82 Å². The number of carbonyl (C=O) groups is 2. The maximum Gasteiger partial charge on any atom is 0.292 e. The summed E-state index contributed by atoms with van der Waals surface area (Å²) in [5.41, 5.74) is 10.7. The number of hydrogen-bond donors (Lipinski definition) is 3. The first kappa shape index (κ1) is 16.3. The summed E-state index contributed by atoms with van der Waals surface area (Å²) in [5, 5.41) is 14.6.